The Balaban J connectivity index is 2.37. The number of carbonyl (C=O) groups excluding carboxylic acids is 1. The van der Waals surface area contributed by atoms with Gasteiger partial charge in [0, 0.05) is 0 Å². The minimum Gasteiger partial charge on any atom is -0.363 e. The Morgan fingerprint density at radius 2 is 2.00 bits per heavy atom. The molecule has 1 N–H and O–H groups in total. The third kappa shape index (κ3) is 2.01. The highest BCUT2D eigenvalue weighted by Gasteiger charge is 2.51. The van der Waals surface area contributed by atoms with Gasteiger partial charge in [0.1, 0.15) is 12.1 Å². The number of Topliss-reactive ketones (excluding diaryl/α,β-unsaturated/α-hetero) is 1. The van der Waals surface area contributed by atoms with Crippen molar-refractivity contribution in [1.29, 1.82) is 0 Å². The average Bonchev–Trinajstić information content (AvgIpc) is 2.38. The van der Waals surface area contributed by atoms with Crippen LogP contribution in [-0.2, 0) is 9.53 Å². The number of ether oxygens (including phenoxy) is 1. The Morgan fingerprint density at radius 3 is 2.27 bits per heavy atom. The topological polar surface area (TPSA) is 38.3 Å². The van der Waals surface area contributed by atoms with Crippen molar-refractivity contribution in [2.24, 2.45) is 0 Å². The highest BCUT2D eigenvalue weighted by molar-refractivity contribution is 6.06. The van der Waals surface area contributed by atoms with Crippen molar-refractivity contribution in [3.05, 3.63) is 0 Å². The molecule has 1 rings (SSSR count). The number of hydrogen-bond acceptors (Lipinski definition) is 3. The molecular formula is C8H15NO2. The fraction of sp³-hybridized carbons (Fsp3) is 0.875. The van der Waals surface area contributed by atoms with Crippen LogP contribution in [0.1, 0.15) is 20.8 Å². The number of nitrogens with one attached hydrogen (secondary N) is 1. The second kappa shape index (κ2) is 2.57. The van der Waals surface area contributed by atoms with Crippen molar-refractivity contribution in [2.45, 2.75) is 38.5 Å². The highest BCUT2D eigenvalue weighted by Crippen LogP contribution is 2.25. The third-order valence-corrected chi connectivity index (χ3v) is 1.57. The molecule has 0 amide bonds. The van der Waals surface area contributed by atoms with Gasteiger partial charge in [-0.3, -0.25) is 4.79 Å². The molecular weight excluding hydrogens is 142 g/mol. The molecule has 0 spiro atoms. The molecule has 0 bridgehead atoms. The SMILES string of the molecule is CN[C@@H]1C(=O)C1OC(C)(C)C. The number of hydrogen-bond donors (Lipinski definition) is 1. The summed E-state index contributed by atoms with van der Waals surface area (Å²) in [6, 6.07) is -0.0609. The van der Waals surface area contributed by atoms with Crippen LogP contribution in [-0.4, -0.2) is 30.6 Å². The first-order valence-electron chi connectivity index (χ1n) is 3.84. The third-order valence-electron chi connectivity index (χ3n) is 1.57. The molecule has 1 aliphatic carbocycles. The Labute approximate surface area is 67.1 Å². The van der Waals surface area contributed by atoms with Crippen LogP contribution in [0, 0.1) is 0 Å². The minimum absolute atomic E-state index is 0.0609. The van der Waals surface area contributed by atoms with E-state index in [0.29, 0.717) is 0 Å². The molecule has 64 valence electrons. The van der Waals surface area contributed by atoms with E-state index in [1.54, 1.807) is 7.05 Å². The Kier molecular flexibility index (Phi) is 2.03. The zero-order chi connectivity index (χ0) is 8.65. The van der Waals surface area contributed by atoms with Gasteiger partial charge in [-0.05, 0) is 27.8 Å². The summed E-state index contributed by atoms with van der Waals surface area (Å²) in [6.07, 6.45) is -0.208. The van der Waals surface area contributed by atoms with E-state index in [4.69, 9.17) is 4.74 Å². The van der Waals surface area contributed by atoms with Gasteiger partial charge in [-0.1, -0.05) is 0 Å². The van der Waals surface area contributed by atoms with Gasteiger partial charge in [0.15, 0.2) is 5.78 Å². The van der Waals surface area contributed by atoms with Crippen LogP contribution in [0.25, 0.3) is 0 Å². The molecule has 0 aromatic carbocycles. The van der Waals surface area contributed by atoms with Crippen molar-refractivity contribution in [2.75, 3.05) is 7.05 Å². The number of likely N-dealkylation sites (N-methyl/N-ethyl adjacent to an activating group) is 1. The molecule has 0 aromatic rings. The summed E-state index contributed by atoms with van der Waals surface area (Å²) in [5, 5.41) is 2.89. The van der Waals surface area contributed by atoms with Crippen LogP contribution in [0.15, 0.2) is 0 Å². The van der Waals surface area contributed by atoms with Crippen molar-refractivity contribution >= 4 is 5.78 Å². The summed E-state index contributed by atoms with van der Waals surface area (Å²) in [7, 11) is 1.77. The van der Waals surface area contributed by atoms with E-state index in [2.05, 4.69) is 5.32 Å². The molecule has 0 saturated heterocycles. The first-order chi connectivity index (χ1) is 4.95. The van der Waals surface area contributed by atoms with Crippen molar-refractivity contribution in [1.82, 2.24) is 5.32 Å². The fourth-order valence-corrected chi connectivity index (χ4v) is 1.02. The van der Waals surface area contributed by atoms with Gasteiger partial charge in [-0.15, -0.1) is 0 Å². The summed E-state index contributed by atoms with van der Waals surface area (Å²) in [6.45, 7) is 5.85. The highest BCUT2D eigenvalue weighted by atomic mass is 16.5. The lowest BCUT2D eigenvalue weighted by atomic mass is 10.2. The van der Waals surface area contributed by atoms with Crippen LogP contribution in [0.3, 0.4) is 0 Å². The fourth-order valence-electron chi connectivity index (χ4n) is 1.02. The molecule has 0 heterocycles. The lowest BCUT2D eigenvalue weighted by Crippen LogP contribution is -2.24. The Hall–Kier alpha value is -0.410. The van der Waals surface area contributed by atoms with E-state index in [1.165, 1.54) is 0 Å². The smallest absolute Gasteiger partial charge is 0.183 e. The Bertz CT molecular complexity index is 171. The van der Waals surface area contributed by atoms with Crippen LogP contribution in [0.4, 0.5) is 0 Å². The predicted octanol–water partition coefficient (Wildman–Crippen LogP) is 0.341. The maximum absolute atomic E-state index is 10.9. The summed E-state index contributed by atoms with van der Waals surface area (Å²) >= 11 is 0. The number of ketones is 1. The molecule has 0 aromatic heterocycles. The van der Waals surface area contributed by atoms with Gasteiger partial charge < -0.3 is 10.1 Å². The normalized spacial score (nSPS) is 30.7. The zero-order valence-corrected chi connectivity index (χ0v) is 7.47. The van der Waals surface area contributed by atoms with E-state index in [-0.39, 0.29) is 23.5 Å². The maximum atomic E-state index is 10.9. The van der Waals surface area contributed by atoms with E-state index >= 15 is 0 Å². The molecule has 2 atom stereocenters. The van der Waals surface area contributed by atoms with Crippen LogP contribution in [0.5, 0.6) is 0 Å². The molecule has 0 aliphatic heterocycles. The largest absolute Gasteiger partial charge is 0.363 e. The molecule has 1 unspecified atom stereocenters. The van der Waals surface area contributed by atoms with Gasteiger partial charge in [0.25, 0.3) is 0 Å². The van der Waals surface area contributed by atoms with E-state index in [9.17, 15) is 4.79 Å². The molecule has 1 fully saturated rings. The lowest BCUT2D eigenvalue weighted by molar-refractivity contribution is -0.117. The van der Waals surface area contributed by atoms with Crippen molar-refractivity contribution in [3.63, 3.8) is 0 Å². The van der Waals surface area contributed by atoms with E-state index in [1.807, 2.05) is 20.8 Å². The first kappa shape index (κ1) is 8.68. The molecule has 11 heavy (non-hydrogen) atoms. The molecule has 3 nitrogen and oxygen atoms in total. The maximum Gasteiger partial charge on any atom is 0.183 e. The van der Waals surface area contributed by atoms with Gasteiger partial charge in [0.05, 0.1) is 5.60 Å². The molecule has 0 radical (unpaired) electrons. The molecule has 3 heteroatoms. The zero-order valence-electron chi connectivity index (χ0n) is 7.47. The van der Waals surface area contributed by atoms with Gasteiger partial charge in [0.2, 0.25) is 0 Å². The van der Waals surface area contributed by atoms with E-state index in [0.717, 1.165) is 0 Å². The molecule has 1 saturated carbocycles. The van der Waals surface area contributed by atoms with Crippen molar-refractivity contribution < 1.29 is 9.53 Å². The van der Waals surface area contributed by atoms with E-state index < -0.39 is 0 Å². The quantitative estimate of drug-likeness (QED) is 0.628. The monoisotopic (exact) mass is 157 g/mol. The summed E-state index contributed by atoms with van der Waals surface area (Å²) in [5.74, 6) is 0.169. The summed E-state index contributed by atoms with van der Waals surface area (Å²) in [4.78, 5) is 10.9. The first-order valence-corrected chi connectivity index (χ1v) is 3.84. The van der Waals surface area contributed by atoms with Gasteiger partial charge in [-0.25, -0.2) is 0 Å². The van der Waals surface area contributed by atoms with Crippen molar-refractivity contribution in [3.8, 4) is 0 Å². The van der Waals surface area contributed by atoms with Gasteiger partial charge >= 0.3 is 0 Å². The van der Waals surface area contributed by atoms with Gasteiger partial charge in [-0.2, -0.15) is 0 Å². The second-order valence-corrected chi connectivity index (χ2v) is 3.82. The van der Waals surface area contributed by atoms with Crippen LogP contribution in [0.2, 0.25) is 0 Å². The summed E-state index contributed by atoms with van der Waals surface area (Å²) < 4.78 is 5.45. The summed E-state index contributed by atoms with van der Waals surface area (Å²) in [5.41, 5.74) is -0.216. The molecule has 1 aliphatic rings. The minimum atomic E-state index is -0.216. The number of rotatable bonds is 2. The average molecular weight is 157 g/mol. The predicted molar refractivity (Wildman–Crippen MR) is 42.5 cm³/mol. The number of carbonyl (C=O) groups is 1. The Morgan fingerprint density at radius 1 is 1.45 bits per heavy atom. The van der Waals surface area contributed by atoms with Crippen LogP contribution < -0.4 is 5.32 Å². The lowest BCUT2D eigenvalue weighted by Gasteiger charge is -2.18. The standard InChI is InChI=1S/C8H15NO2/c1-8(2,3)11-7-5(9-4)6(7)10/h5,7,9H,1-4H3/t5-,7?/m1/s1. The van der Waals surface area contributed by atoms with Crippen LogP contribution >= 0.6 is 0 Å². The second-order valence-electron chi connectivity index (χ2n) is 3.82.